The van der Waals surface area contributed by atoms with E-state index < -0.39 is 6.04 Å². The van der Waals surface area contributed by atoms with Gasteiger partial charge in [-0.05, 0) is 56.0 Å². The number of aromatic nitrogens is 3. The summed E-state index contributed by atoms with van der Waals surface area (Å²) in [6.45, 7) is 8.84. The van der Waals surface area contributed by atoms with Crippen molar-refractivity contribution in [2.45, 2.75) is 71.0 Å². The second kappa shape index (κ2) is 13.6. The fraction of sp³-hybridized carbons (Fsp3) is 0.433. The van der Waals surface area contributed by atoms with Crippen LogP contribution >= 0.6 is 11.8 Å². The Labute approximate surface area is 235 Å². The molecule has 208 valence electrons. The highest BCUT2D eigenvalue weighted by atomic mass is 32.2. The van der Waals surface area contributed by atoms with Gasteiger partial charge in [-0.2, -0.15) is 4.98 Å². The monoisotopic (exact) mass is 549 g/mol. The van der Waals surface area contributed by atoms with Crippen LogP contribution < -0.4 is 20.1 Å². The molecular formula is C30H39N5O3S. The minimum atomic E-state index is -0.499. The first kappa shape index (κ1) is 28.5. The average Bonchev–Trinajstić information content (AvgIpc) is 3.34. The molecule has 2 aromatic carbocycles. The van der Waals surface area contributed by atoms with Gasteiger partial charge in [0.2, 0.25) is 11.1 Å². The molecule has 0 fully saturated rings. The molecule has 8 nitrogen and oxygen atoms in total. The fourth-order valence-corrected chi connectivity index (χ4v) is 5.26. The van der Waals surface area contributed by atoms with E-state index >= 15 is 0 Å². The predicted molar refractivity (Wildman–Crippen MR) is 158 cm³/mol. The summed E-state index contributed by atoms with van der Waals surface area (Å²) in [5.41, 5.74) is 3.92. The summed E-state index contributed by atoms with van der Waals surface area (Å²) in [5, 5.41) is 11.9. The van der Waals surface area contributed by atoms with E-state index in [4.69, 9.17) is 19.6 Å². The van der Waals surface area contributed by atoms with Gasteiger partial charge in [0.15, 0.2) is 11.5 Å². The molecule has 3 aromatic rings. The highest BCUT2D eigenvalue weighted by Gasteiger charge is 2.35. The average molecular weight is 550 g/mol. The number of rotatable bonds is 13. The van der Waals surface area contributed by atoms with Crippen molar-refractivity contribution in [2.75, 3.05) is 30.1 Å². The molecule has 1 aliphatic heterocycles. The number of thioether (sulfide) groups is 1. The number of amides is 1. The Morgan fingerprint density at radius 3 is 2.64 bits per heavy atom. The van der Waals surface area contributed by atoms with Gasteiger partial charge in [0, 0.05) is 17.1 Å². The first-order valence-corrected chi connectivity index (χ1v) is 14.7. The second-order valence-corrected chi connectivity index (χ2v) is 10.7. The lowest BCUT2D eigenvalue weighted by Gasteiger charge is -2.29. The van der Waals surface area contributed by atoms with Gasteiger partial charge in [0.05, 0.1) is 19.3 Å². The lowest BCUT2D eigenvalue weighted by atomic mass is 9.94. The van der Waals surface area contributed by atoms with Crippen molar-refractivity contribution >= 4 is 29.3 Å². The number of benzene rings is 2. The number of carbonyl (C=O) groups excluding carboxylic acids is 1. The van der Waals surface area contributed by atoms with Crippen LogP contribution in [0.3, 0.4) is 0 Å². The molecule has 39 heavy (non-hydrogen) atoms. The number of nitrogens with one attached hydrogen (secondary N) is 2. The van der Waals surface area contributed by atoms with Crippen molar-refractivity contribution in [3.8, 4) is 11.5 Å². The summed E-state index contributed by atoms with van der Waals surface area (Å²) < 4.78 is 13.6. The van der Waals surface area contributed by atoms with Crippen LogP contribution in [0.2, 0.25) is 0 Å². The van der Waals surface area contributed by atoms with Gasteiger partial charge >= 0.3 is 0 Å². The zero-order valence-electron chi connectivity index (χ0n) is 23.5. The Morgan fingerprint density at radius 1 is 1.08 bits per heavy atom. The molecule has 0 aliphatic carbocycles. The zero-order valence-corrected chi connectivity index (χ0v) is 24.4. The van der Waals surface area contributed by atoms with Crippen molar-refractivity contribution in [1.82, 2.24) is 14.8 Å². The molecule has 2 heterocycles. The number of hydrogen-bond donors (Lipinski definition) is 2. The molecule has 0 saturated carbocycles. The summed E-state index contributed by atoms with van der Waals surface area (Å²) >= 11 is 1.60. The molecule has 0 saturated heterocycles. The van der Waals surface area contributed by atoms with E-state index in [-0.39, 0.29) is 5.91 Å². The molecule has 0 radical (unpaired) electrons. The van der Waals surface area contributed by atoms with Crippen LogP contribution in [-0.2, 0) is 4.79 Å². The topological polar surface area (TPSA) is 90.3 Å². The Bertz CT molecular complexity index is 1320. The smallest absolute Gasteiger partial charge is 0.255 e. The normalized spacial score (nSPS) is 14.5. The fourth-order valence-electron chi connectivity index (χ4n) is 4.58. The standard InChI is InChI=1S/C30H39N5O3S/c1-6-8-9-12-17-38-24-16-15-22(19-25(24)37-5)27-26(28(36)32-23-14-11-10-13-20(23)3)21(4)31-29-33-30(34-35(27)29)39-18-7-2/h10-11,13-16,19,27H,6-9,12,17-18H2,1-5H3,(H,32,36)(H,31,33,34). The largest absolute Gasteiger partial charge is 0.493 e. The molecule has 2 N–H and O–H groups in total. The number of aryl methyl sites for hydroxylation is 1. The van der Waals surface area contributed by atoms with Crippen molar-refractivity contribution in [3.05, 3.63) is 64.9 Å². The summed E-state index contributed by atoms with van der Waals surface area (Å²) in [7, 11) is 1.64. The van der Waals surface area contributed by atoms with E-state index in [1.807, 2.05) is 56.3 Å². The SMILES string of the molecule is CCCCCCOc1ccc(C2C(C(=O)Nc3ccccc3C)=C(C)Nc3nc(SCCC)nn32)cc1OC. The predicted octanol–water partition coefficient (Wildman–Crippen LogP) is 6.98. The van der Waals surface area contributed by atoms with Crippen LogP contribution in [0.4, 0.5) is 11.6 Å². The van der Waals surface area contributed by atoms with E-state index in [0.717, 1.165) is 47.5 Å². The lowest BCUT2D eigenvalue weighted by Crippen LogP contribution is -2.31. The number of fused-ring (bicyclic) bond motifs is 1. The molecule has 9 heteroatoms. The molecule has 0 bridgehead atoms. The van der Waals surface area contributed by atoms with Gasteiger partial charge in [-0.15, -0.1) is 5.10 Å². The quantitative estimate of drug-likeness (QED) is 0.175. The Morgan fingerprint density at radius 2 is 1.90 bits per heavy atom. The van der Waals surface area contributed by atoms with Gasteiger partial charge in [0.1, 0.15) is 6.04 Å². The van der Waals surface area contributed by atoms with Crippen molar-refractivity contribution in [3.63, 3.8) is 0 Å². The number of allylic oxidation sites excluding steroid dienone is 1. The summed E-state index contributed by atoms with van der Waals surface area (Å²) in [6, 6.07) is 13.1. The van der Waals surface area contributed by atoms with Gasteiger partial charge < -0.3 is 20.1 Å². The van der Waals surface area contributed by atoms with Crippen LogP contribution in [0, 0.1) is 6.92 Å². The van der Waals surface area contributed by atoms with E-state index in [2.05, 4.69) is 24.5 Å². The number of para-hydroxylation sites is 1. The van der Waals surface area contributed by atoms with E-state index in [9.17, 15) is 4.79 Å². The Hall–Kier alpha value is -3.46. The first-order valence-electron chi connectivity index (χ1n) is 13.7. The molecule has 1 unspecified atom stereocenters. The third kappa shape index (κ3) is 6.76. The third-order valence-corrected chi connectivity index (χ3v) is 7.71. The number of nitrogens with zero attached hydrogens (tertiary/aromatic N) is 3. The summed E-state index contributed by atoms with van der Waals surface area (Å²) in [6.07, 6.45) is 5.54. The molecule has 1 atom stereocenters. The highest BCUT2D eigenvalue weighted by Crippen LogP contribution is 2.40. The Balaban J connectivity index is 1.70. The maximum atomic E-state index is 13.8. The number of carbonyl (C=O) groups is 1. The van der Waals surface area contributed by atoms with E-state index in [1.165, 1.54) is 12.8 Å². The van der Waals surface area contributed by atoms with Crippen molar-refractivity contribution in [2.24, 2.45) is 0 Å². The minimum absolute atomic E-state index is 0.196. The third-order valence-electron chi connectivity index (χ3n) is 6.67. The number of hydrogen-bond acceptors (Lipinski definition) is 7. The summed E-state index contributed by atoms with van der Waals surface area (Å²) in [5.74, 6) is 2.65. The van der Waals surface area contributed by atoms with Crippen molar-refractivity contribution < 1.29 is 14.3 Å². The van der Waals surface area contributed by atoms with Gasteiger partial charge in [-0.3, -0.25) is 4.79 Å². The minimum Gasteiger partial charge on any atom is -0.493 e. The van der Waals surface area contributed by atoms with Crippen LogP contribution in [-0.4, -0.2) is 40.1 Å². The van der Waals surface area contributed by atoms with Gasteiger partial charge in [0.25, 0.3) is 5.91 Å². The highest BCUT2D eigenvalue weighted by molar-refractivity contribution is 7.99. The molecule has 1 aliphatic rings. The number of unbranched alkanes of at least 4 members (excludes halogenated alkanes) is 3. The van der Waals surface area contributed by atoms with Crippen LogP contribution in [0.15, 0.2) is 58.9 Å². The van der Waals surface area contributed by atoms with Gasteiger partial charge in [-0.1, -0.05) is 69.1 Å². The van der Waals surface area contributed by atoms with E-state index in [1.54, 1.807) is 23.6 Å². The maximum Gasteiger partial charge on any atom is 0.255 e. The van der Waals surface area contributed by atoms with Gasteiger partial charge in [-0.25, -0.2) is 4.68 Å². The second-order valence-electron chi connectivity index (χ2n) is 9.67. The van der Waals surface area contributed by atoms with E-state index in [0.29, 0.717) is 34.8 Å². The molecule has 1 amide bonds. The lowest BCUT2D eigenvalue weighted by molar-refractivity contribution is -0.113. The molecule has 4 rings (SSSR count). The Kier molecular flexibility index (Phi) is 9.92. The number of ether oxygens (including phenoxy) is 2. The molecular weight excluding hydrogens is 510 g/mol. The molecule has 0 spiro atoms. The first-order chi connectivity index (χ1) is 19.0. The van der Waals surface area contributed by atoms with Crippen LogP contribution in [0.5, 0.6) is 11.5 Å². The van der Waals surface area contributed by atoms with Crippen molar-refractivity contribution in [1.29, 1.82) is 0 Å². The van der Waals surface area contributed by atoms with Crippen LogP contribution in [0.25, 0.3) is 0 Å². The maximum absolute atomic E-state index is 13.8. The zero-order chi connectivity index (χ0) is 27.8. The van der Waals surface area contributed by atoms with Crippen LogP contribution in [0.1, 0.15) is 70.0 Å². The number of methoxy groups -OCH3 is 1. The number of anilines is 2. The molecule has 1 aromatic heterocycles. The summed E-state index contributed by atoms with van der Waals surface area (Å²) in [4.78, 5) is 18.5.